The summed E-state index contributed by atoms with van der Waals surface area (Å²) in [4.78, 5) is 0. The number of hydrogen-bond acceptors (Lipinski definition) is 1. The highest BCUT2D eigenvalue weighted by atomic mass is 16.5. The Morgan fingerprint density at radius 3 is 1.72 bits per heavy atom. The number of allylic oxidation sites excluding steroid dienone is 4. The average molecular weight is 343 g/mol. The summed E-state index contributed by atoms with van der Waals surface area (Å²) >= 11 is 0. The third-order valence-electron chi connectivity index (χ3n) is 6.30. The monoisotopic (exact) mass is 342 g/mol. The van der Waals surface area contributed by atoms with Gasteiger partial charge in [-0.25, -0.2) is 0 Å². The maximum absolute atomic E-state index is 5.27. The van der Waals surface area contributed by atoms with Crippen LogP contribution in [0.4, 0.5) is 0 Å². The molecule has 0 saturated heterocycles. The van der Waals surface area contributed by atoms with Crippen LogP contribution in [-0.4, -0.2) is 7.11 Å². The molecule has 25 heavy (non-hydrogen) atoms. The van der Waals surface area contributed by atoms with Crippen molar-refractivity contribution in [1.29, 1.82) is 0 Å². The number of benzene rings is 1. The molecule has 1 aromatic carbocycles. The largest absolute Gasteiger partial charge is 0.497 e. The van der Waals surface area contributed by atoms with E-state index < -0.39 is 0 Å². The number of methoxy groups -OCH3 is 1. The Balaban J connectivity index is 0.00000182. The van der Waals surface area contributed by atoms with Crippen molar-refractivity contribution in [3.63, 3.8) is 0 Å². The van der Waals surface area contributed by atoms with Gasteiger partial charge in [0, 0.05) is 2.85 Å². The lowest BCUT2D eigenvalue weighted by Gasteiger charge is -2.28. The topological polar surface area (TPSA) is 9.23 Å². The van der Waals surface area contributed by atoms with Gasteiger partial charge in [-0.05, 0) is 99.7 Å². The SMILES string of the molecule is C/C=C/C1CCC(/C=C/C2CCC(c3ccc(OC)cc3)CC2)CC1.[HH].[HH]. The Labute approximate surface area is 157 Å². The first-order chi connectivity index (χ1) is 12.3. The first-order valence-corrected chi connectivity index (χ1v) is 10.2. The zero-order chi connectivity index (χ0) is 17.5. The van der Waals surface area contributed by atoms with Crippen molar-refractivity contribution in [3.8, 4) is 5.75 Å². The molecule has 3 rings (SSSR count). The van der Waals surface area contributed by atoms with Crippen LogP contribution in [-0.2, 0) is 0 Å². The van der Waals surface area contributed by atoms with Gasteiger partial charge in [-0.1, -0.05) is 36.4 Å². The third-order valence-corrected chi connectivity index (χ3v) is 6.30. The Morgan fingerprint density at radius 1 is 0.760 bits per heavy atom. The molecule has 140 valence electrons. The molecular formula is C24H38O. The minimum absolute atomic E-state index is 0. The molecule has 0 unspecified atom stereocenters. The summed E-state index contributed by atoms with van der Waals surface area (Å²) in [5.41, 5.74) is 1.49. The van der Waals surface area contributed by atoms with Crippen LogP contribution in [0.2, 0.25) is 0 Å². The summed E-state index contributed by atoms with van der Waals surface area (Å²) in [6.07, 6.45) is 20.6. The van der Waals surface area contributed by atoms with Gasteiger partial charge in [0.2, 0.25) is 0 Å². The van der Waals surface area contributed by atoms with Crippen molar-refractivity contribution in [3.05, 3.63) is 54.1 Å². The Hall–Kier alpha value is -1.50. The maximum Gasteiger partial charge on any atom is 0.118 e. The normalized spacial score (nSPS) is 30.8. The summed E-state index contributed by atoms with van der Waals surface area (Å²) in [5, 5.41) is 0. The van der Waals surface area contributed by atoms with Gasteiger partial charge in [0.1, 0.15) is 5.75 Å². The molecule has 2 aliphatic carbocycles. The van der Waals surface area contributed by atoms with E-state index in [9.17, 15) is 0 Å². The van der Waals surface area contributed by atoms with Crippen molar-refractivity contribution in [2.75, 3.05) is 7.11 Å². The molecule has 0 aliphatic heterocycles. The smallest absolute Gasteiger partial charge is 0.118 e. The van der Waals surface area contributed by atoms with Gasteiger partial charge < -0.3 is 4.74 Å². The van der Waals surface area contributed by atoms with Crippen LogP contribution >= 0.6 is 0 Å². The second kappa shape index (κ2) is 9.27. The summed E-state index contributed by atoms with van der Waals surface area (Å²) in [5.74, 6) is 4.19. The highest BCUT2D eigenvalue weighted by Gasteiger charge is 2.22. The van der Waals surface area contributed by atoms with Crippen LogP contribution in [0, 0.1) is 17.8 Å². The molecule has 0 bridgehead atoms. The lowest BCUT2D eigenvalue weighted by atomic mass is 9.77. The third kappa shape index (κ3) is 5.23. The van der Waals surface area contributed by atoms with Gasteiger partial charge in [0.05, 0.1) is 7.11 Å². The minimum Gasteiger partial charge on any atom is -0.497 e. The van der Waals surface area contributed by atoms with Crippen LogP contribution in [0.5, 0.6) is 5.75 Å². The van der Waals surface area contributed by atoms with E-state index in [1.807, 2.05) is 0 Å². The van der Waals surface area contributed by atoms with E-state index in [1.165, 1.54) is 56.9 Å². The molecule has 2 aliphatic rings. The predicted molar refractivity (Wildman–Crippen MR) is 111 cm³/mol. The van der Waals surface area contributed by atoms with Gasteiger partial charge in [0.15, 0.2) is 0 Å². The summed E-state index contributed by atoms with van der Waals surface area (Å²) < 4.78 is 5.27. The van der Waals surface area contributed by atoms with Gasteiger partial charge in [0.25, 0.3) is 0 Å². The Morgan fingerprint density at radius 2 is 1.24 bits per heavy atom. The molecule has 0 atom stereocenters. The first-order valence-electron chi connectivity index (χ1n) is 10.2. The fourth-order valence-electron chi connectivity index (χ4n) is 4.64. The van der Waals surface area contributed by atoms with E-state index in [0.29, 0.717) is 0 Å². The summed E-state index contributed by atoms with van der Waals surface area (Å²) in [6.45, 7) is 2.15. The van der Waals surface area contributed by atoms with Crippen LogP contribution in [0.1, 0.15) is 72.6 Å². The zero-order valence-corrected chi connectivity index (χ0v) is 16.0. The molecule has 1 aromatic rings. The summed E-state index contributed by atoms with van der Waals surface area (Å²) in [7, 11) is 1.74. The maximum atomic E-state index is 5.27. The minimum atomic E-state index is 0. The van der Waals surface area contributed by atoms with E-state index in [0.717, 1.165) is 29.4 Å². The molecule has 0 heterocycles. The fourth-order valence-corrected chi connectivity index (χ4v) is 4.64. The highest BCUT2D eigenvalue weighted by molar-refractivity contribution is 5.29. The van der Waals surface area contributed by atoms with Crippen LogP contribution < -0.4 is 4.74 Å². The quantitative estimate of drug-likeness (QED) is 0.506. The lowest BCUT2D eigenvalue weighted by molar-refractivity contribution is 0.348. The molecular weight excluding hydrogens is 304 g/mol. The second-order valence-electron chi connectivity index (χ2n) is 7.97. The molecule has 2 saturated carbocycles. The molecule has 0 spiro atoms. The Bertz CT molecular complexity index is 563. The van der Waals surface area contributed by atoms with E-state index in [1.54, 1.807) is 7.11 Å². The fraction of sp³-hybridized carbons (Fsp3) is 0.583. The molecule has 0 radical (unpaired) electrons. The van der Waals surface area contributed by atoms with Gasteiger partial charge >= 0.3 is 0 Å². The first kappa shape index (κ1) is 18.3. The van der Waals surface area contributed by atoms with Crippen molar-refractivity contribution >= 4 is 0 Å². The molecule has 2 fully saturated rings. The van der Waals surface area contributed by atoms with Crippen molar-refractivity contribution in [1.82, 2.24) is 0 Å². The van der Waals surface area contributed by atoms with Crippen molar-refractivity contribution < 1.29 is 7.59 Å². The molecule has 0 amide bonds. The van der Waals surface area contributed by atoms with Crippen LogP contribution in [0.15, 0.2) is 48.6 Å². The van der Waals surface area contributed by atoms with E-state index in [2.05, 4.69) is 55.5 Å². The van der Waals surface area contributed by atoms with Gasteiger partial charge in [-0.2, -0.15) is 0 Å². The second-order valence-corrected chi connectivity index (χ2v) is 7.97. The van der Waals surface area contributed by atoms with Crippen LogP contribution in [0.3, 0.4) is 0 Å². The zero-order valence-electron chi connectivity index (χ0n) is 16.0. The van der Waals surface area contributed by atoms with Crippen molar-refractivity contribution in [2.45, 2.75) is 64.2 Å². The average Bonchev–Trinajstić information content (AvgIpc) is 2.68. The van der Waals surface area contributed by atoms with Gasteiger partial charge in [-0.15, -0.1) is 0 Å². The molecule has 1 nitrogen and oxygen atoms in total. The van der Waals surface area contributed by atoms with E-state index in [4.69, 9.17) is 4.74 Å². The molecule has 0 N–H and O–H groups in total. The number of hydrogen-bond donors (Lipinski definition) is 0. The number of ether oxygens (including phenoxy) is 1. The number of rotatable bonds is 5. The standard InChI is InChI=1S/C24H34O.2H2/c1-3-4-19-5-7-20(8-6-19)9-10-21-11-13-22(14-12-21)23-15-17-24(25-2)18-16-23;;/h3-4,9-10,15-22H,5-8,11-14H2,1-2H3;2*1H/b4-3+,10-9+;;. The van der Waals surface area contributed by atoms with Crippen molar-refractivity contribution in [2.24, 2.45) is 17.8 Å². The van der Waals surface area contributed by atoms with E-state index >= 15 is 0 Å². The lowest BCUT2D eigenvalue weighted by Crippen LogP contribution is -2.13. The van der Waals surface area contributed by atoms with Gasteiger partial charge in [-0.3, -0.25) is 0 Å². The van der Waals surface area contributed by atoms with Crippen LogP contribution in [0.25, 0.3) is 0 Å². The van der Waals surface area contributed by atoms with E-state index in [-0.39, 0.29) is 2.85 Å². The molecule has 1 heteroatoms. The predicted octanol–water partition coefficient (Wildman–Crippen LogP) is 7.40. The molecule has 0 aromatic heterocycles. The Kier molecular flexibility index (Phi) is 6.78. The summed E-state index contributed by atoms with van der Waals surface area (Å²) in [6, 6.07) is 8.71. The highest BCUT2D eigenvalue weighted by Crippen LogP contribution is 2.37.